The molecule has 1 atom stereocenters. The van der Waals surface area contributed by atoms with Crippen LogP contribution in [0.3, 0.4) is 0 Å². The molecule has 214 valence electrons. The number of nitrogens with two attached hydrogens (primary N) is 1. The maximum Gasteiger partial charge on any atom is 0.155 e. The fraction of sp³-hybridized carbons (Fsp3) is 0.171. The number of hydrogen-bond acceptors (Lipinski definition) is 7. The van der Waals surface area contributed by atoms with Crippen LogP contribution in [0.2, 0.25) is 0 Å². The Morgan fingerprint density at radius 1 is 0.930 bits per heavy atom. The molecule has 0 bridgehead atoms. The molecule has 0 saturated carbocycles. The molecule has 3 aromatic carbocycles. The topological polar surface area (TPSA) is 126 Å². The summed E-state index contributed by atoms with van der Waals surface area (Å²) in [5, 5.41) is 20.6. The van der Waals surface area contributed by atoms with Crippen LogP contribution < -0.4 is 15.8 Å². The standard InChI is InChI=1S/C35H32N6O2/c36-16-7-17-38-21-28-13-15-33(43-28)35-31-19-26(12-14-32(31)40-41-35)30-20-29(22-39-34(30)25-10-5-2-6-11-25)42-23-27(37)18-24-8-3-1-4-9-24/h1-6,8-15,19-20,22,27,38H,7,17-18,21,23,37H2,(H,40,41)/t27-/m1/s1. The SMILES string of the molecule is N#CCCNCc1ccc(-c2n[nH]c3ccc(-c4cc(OC[C@H](N)Cc5ccccc5)cnc4-c4ccccc4)cc23)o1. The molecule has 0 aliphatic heterocycles. The van der Waals surface area contributed by atoms with Gasteiger partial charge in [-0.05, 0) is 47.9 Å². The van der Waals surface area contributed by atoms with Gasteiger partial charge in [-0.1, -0.05) is 66.7 Å². The molecule has 6 rings (SSSR count). The van der Waals surface area contributed by atoms with Gasteiger partial charge in [0.05, 0.1) is 30.0 Å². The van der Waals surface area contributed by atoms with E-state index < -0.39 is 0 Å². The maximum absolute atomic E-state index is 8.75. The van der Waals surface area contributed by atoms with Gasteiger partial charge in [-0.2, -0.15) is 10.4 Å². The van der Waals surface area contributed by atoms with Crippen LogP contribution >= 0.6 is 0 Å². The Balaban J connectivity index is 1.30. The van der Waals surface area contributed by atoms with E-state index in [2.05, 4.69) is 58.0 Å². The largest absolute Gasteiger partial charge is 0.490 e. The van der Waals surface area contributed by atoms with Gasteiger partial charge in [0.1, 0.15) is 23.8 Å². The average molecular weight is 569 g/mol. The van der Waals surface area contributed by atoms with Crippen LogP contribution in [0.4, 0.5) is 0 Å². The quantitative estimate of drug-likeness (QED) is 0.144. The van der Waals surface area contributed by atoms with E-state index in [1.807, 2.05) is 60.7 Å². The molecule has 4 N–H and O–H groups in total. The van der Waals surface area contributed by atoms with Crippen molar-refractivity contribution < 1.29 is 9.15 Å². The van der Waals surface area contributed by atoms with Gasteiger partial charge < -0.3 is 20.2 Å². The van der Waals surface area contributed by atoms with Gasteiger partial charge in [0.2, 0.25) is 0 Å². The van der Waals surface area contributed by atoms with Crippen LogP contribution in [0.25, 0.3) is 44.7 Å². The summed E-state index contributed by atoms with van der Waals surface area (Å²) in [6.07, 6.45) is 2.94. The minimum Gasteiger partial charge on any atom is -0.490 e. The predicted octanol–water partition coefficient (Wildman–Crippen LogP) is 6.50. The molecule has 43 heavy (non-hydrogen) atoms. The van der Waals surface area contributed by atoms with Gasteiger partial charge in [0.25, 0.3) is 0 Å². The third-order valence-electron chi connectivity index (χ3n) is 7.20. The summed E-state index contributed by atoms with van der Waals surface area (Å²) in [5.41, 5.74) is 13.0. The Morgan fingerprint density at radius 2 is 1.74 bits per heavy atom. The molecule has 0 amide bonds. The zero-order valence-corrected chi connectivity index (χ0v) is 23.7. The number of aromatic amines is 1. The van der Waals surface area contributed by atoms with Crippen molar-refractivity contribution >= 4 is 10.9 Å². The highest BCUT2D eigenvalue weighted by atomic mass is 16.5. The Kier molecular flexibility index (Phi) is 8.55. The van der Waals surface area contributed by atoms with Crippen LogP contribution in [0.1, 0.15) is 17.7 Å². The van der Waals surface area contributed by atoms with Gasteiger partial charge in [-0.25, -0.2) is 0 Å². The van der Waals surface area contributed by atoms with E-state index in [1.165, 1.54) is 5.56 Å². The maximum atomic E-state index is 8.75. The molecule has 0 aliphatic carbocycles. The van der Waals surface area contributed by atoms with Gasteiger partial charge in [0, 0.05) is 35.5 Å². The minimum absolute atomic E-state index is 0.149. The molecule has 8 heteroatoms. The zero-order chi connectivity index (χ0) is 29.4. The number of rotatable bonds is 12. The van der Waals surface area contributed by atoms with Crippen LogP contribution in [0.15, 0.2) is 108 Å². The number of hydrogen-bond donors (Lipinski definition) is 3. The molecule has 0 spiro atoms. The molecule has 8 nitrogen and oxygen atoms in total. The number of H-pyrrole nitrogens is 1. The summed E-state index contributed by atoms with van der Waals surface area (Å²) in [5.74, 6) is 2.11. The van der Waals surface area contributed by atoms with E-state index in [0.717, 1.165) is 51.2 Å². The number of benzene rings is 3. The van der Waals surface area contributed by atoms with Gasteiger partial charge in [-0.3, -0.25) is 10.1 Å². The highest BCUT2D eigenvalue weighted by molar-refractivity contribution is 5.96. The molecule has 0 fully saturated rings. The van der Waals surface area contributed by atoms with E-state index in [0.29, 0.717) is 37.6 Å². The Labute approximate surface area is 250 Å². The number of aromatic nitrogens is 3. The van der Waals surface area contributed by atoms with E-state index in [1.54, 1.807) is 6.20 Å². The molecule has 0 aliphatic rings. The number of nitriles is 1. The number of pyridine rings is 1. The molecular weight excluding hydrogens is 536 g/mol. The summed E-state index contributed by atoms with van der Waals surface area (Å²) in [6.45, 7) is 1.53. The summed E-state index contributed by atoms with van der Waals surface area (Å²) in [6, 6.07) is 34.4. The van der Waals surface area contributed by atoms with Crippen LogP contribution in [-0.2, 0) is 13.0 Å². The number of nitrogens with zero attached hydrogens (tertiary/aromatic N) is 3. The fourth-order valence-electron chi connectivity index (χ4n) is 5.08. The summed E-state index contributed by atoms with van der Waals surface area (Å²) < 4.78 is 12.3. The lowest BCUT2D eigenvalue weighted by atomic mass is 9.97. The lowest BCUT2D eigenvalue weighted by Crippen LogP contribution is -2.30. The third kappa shape index (κ3) is 6.65. The van der Waals surface area contributed by atoms with E-state index in [4.69, 9.17) is 25.1 Å². The first kappa shape index (κ1) is 27.9. The number of ether oxygens (including phenoxy) is 1. The molecule has 3 heterocycles. The van der Waals surface area contributed by atoms with Crippen molar-refractivity contribution in [2.24, 2.45) is 5.73 Å². The van der Waals surface area contributed by atoms with E-state index in [-0.39, 0.29) is 6.04 Å². The Morgan fingerprint density at radius 3 is 2.56 bits per heavy atom. The number of furan rings is 1. The van der Waals surface area contributed by atoms with Crippen LogP contribution in [0, 0.1) is 11.3 Å². The Hall–Kier alpha value is -5.23. The second kappa shape index (κ2) is 13.2. The van der Waals surface area contributed by atoms with Crippen LogP contribution in [-0.4, -0.2) is 34.4 Å². The molecule has 6 aromatic rings. The van der Waals surface area contributed by atoms with E-state index in [9.17, 15) is 0 Å². The minimum atomic E-state index is -0.149. The summed E-state index contributed by atoms with van der Waals surface area (Å²) >= 11 is 0. The third-order valence-corrected chi connectivity index (χ3v) is 7.20. The molecule has 0 saturated heterocycles. The van der Waals surface area contributed by atoms with Gasteiger partial charge >= 0.3 is 0 Å². The predicted molar refractivity (Wildman–Crippen MR) is 168 cm³/mol. The lowest BCUT2D eigenvalue weighted by molar-refractivity contribution is 0.287. The molecule has 0 radical (unpaired) electrons. The number of fused-ring (bicyclic) bond motifs is 1. The highest BCUT2D eigenvalue weighted by Gasteiger charge is 2.17. The zero-order valence-electron chi connectivity index (χ0n) is 23.7. The molecular formula is C35H32N6O2. The average Bonchev–Trinajstić information content (AvgIpc) is 3.70. The highest BCUT2D eigenvalue weighted by Crippen LogP contribution is 2.36. The monoisotopic (exact) mass is 568 g/mol. The lowest BCUT2D eigenvalue weighted by Gasteiger charge is -2.16. The van der Waals surface area contributed by atoms with Crippen molar-refractivity contribution in [1.82, 2.24) is 20.5 Å². The van der Waals surface area contributed by atoms with Crippen molar-refractivity contribution in [3.63, 3.8) is 0 Å². The molecule has 3 aromatic heterocycles. The number of nitrogens with one attached hydrogen (secondary N) is 2. The van der Waals surface area contributed by atoms with Crippen molar-refractivity contribution in [2.75, 3.05) is 13.2 Å². The van der Waals surface area contributed by atoms with Crippen molar-refractivity contribution in [1.29, 1.82) is 5.26 Å². The van der Waals surface area contributed by atoms with E-state index >= 15 is 0 Å². The fourth-order valence-corrected chi connectivity index (χ4v) is 5.08. The summed E-state index contributed by atoms with van der Waals surface area (Å²) in [7, 11) is 0. The molecule has 0 unspecified atom stereocenters. The summed E-state index contributed by atoms with van der Waals surface area (Å²) in [4.78, 5) is 4.85. The second-order valence-electron chi connectivity index (χ2n) is 10.4. The van der Waals surface area contributed by atoms with Crippen LogP contribution in [0.5, 0.6) is 5.75 Å². The van der Waals surface area contributed by atoms with Crippen molar-refractivity contribution in [3.05, 3.63) is 115 Å². The Bertz CT molecular complexity index is 1840. The smallest absolute Gasteiger partial charge is 0.155 e. The van der Waals surface area contributed by atoms with Crippen molar-refractivity contribution in [2.45, 2.75) is 25.4 Å². The first-order valence-corrected chi connectivity index (χ1v) is 14.3. The first-order valence-electron chi connectivity index (χ1n) is 14.3. The van der Waals surface area contributed by atoms with Gasteiger partial charge in [-0.15, -0.1) is 0 Å². The van der Waals surface area contributed by atoms with Gasteiger partial charge in [0.15, 0.2) is 5.76 Å². The first-order chi connectivity index (χ1) is 21.2. The normalized spacial score (nSPS) is 11.8. The van der Waals surface area contributed by atoms with Crippen molar-refractivity contribution in [3.8, 4) is 45.7 Å². The second-order valence-corrected chi connectivity index (χ2v) is 10.4.